The zero-order chi connectivity index (χ0) is 34.6. The Kier molecular flexibility index (Phi) is 8.68. The molecule has 7 nitrogen and oxygen atoms in total. The zero-order valence-electron chi connectivity index (χ0n) is 28.6. The first-order chi connectivity index (χ1) is 25.2. The molecule has 0 bridgehead atoms. The van der Waals surface area contributed by atoms with Crippen molar-refractivity contribution >= 4 is 16.7 Å². The van der Waals surface area contributed by atoms with Gasteiger partial charge in [0.05, 0.1) is 17.6 Å². The molecule has 2 heterocycles. The van der Waals surface area contributed by atoms with Crippen LogP contribution >= 0.6 is 0 Å². The fraction of sp³-hybridized carbons (Fsp3) is 0.136. The molecule has 7 heteroatoms. The molecular weight excluding hydrogens is 627 g/mol. The van der Waals surface area contributed by atoms with Crippen molar-refractivity contribution in [3.8, 4) is 22.5 Å². The number of nitrogen functional groups attached to an aromatic ring is 1. The van der Waals surface area contributed by atoms with Gasteiger partial charge in [-0.15, -0.1) is 5.10 Å². The van der Waals surface area contributed by atoms with Gasteiger partial charge in [-0.1, -0.05) is 153 Å². The van der Waals surface area contributed by atoms with Crippen molar-refractivity contribution in [1.82, 2.24) is 29.8 Å². The number of aryl methyl sites for hydroxylation is 1. The Bertz CT molecular complexity index is 2280. The van der Waals surface area contributed by atoms with E-state index in [2.05, 4.69) is 132 Å². The number of anilines is 1. The first-order valence-electron chi connectivity index (χ1n) is 17.6. The van der Waals surface area contributed by atoms with Crippen LogP contribution in [0.4, 0.5) is 5.69 Å². The van der Waals surface area contributed by atoms with Gasteiger partial charge in [-0.05, 0) is 68.4 Å². The molecule has 250 valence electrons. The van der Waals surface area contributed by atoms with Crippen LogP contribution in [0.2, 0.25) is 0 Å². The molecule has 8 rings (SSSR count). The van der Waals surface area contributed by atoms with Crippen LogP contribution in [0.5, 0.6) is 0 Å². The summed E-state index contributed by atoms with van der Waals surface area (Å²) in [7, 11) is 0. The van der Waals surface area contributed by atoms with E-state index in [1.807, 2.05) is 47.1 Å². The molecule has 6 aromatic carbocycles. The second kappa shape index (κ2) is 13.9. The van der Waals surface area contributed by atoms with Crippen molar-refractivity contribution < 1.29 is 0 Å². The number of nitrogens with zero attached hydrogens (tertiary/aromatic N) is 6. The van der Waals surface area contributed by atoms with Crippen LogP contribution < -0.4 is 5.73 Å². The third-order valence-corrected chi connectivity index (χ3v) is 9.75. The molecule has 0 unspecified atom stereocenters. The van der Waals surface area contributed by atoms with E-state index in [0.717, 1.165) is 75.1 Å². The lowest BCUT2D eigenvalue weighted by Gasteiger charge is -2.36. The van der Waals surface area contributed by atoms with Crippen molar-refractivity contribution in [3.63, 3.8) is 0 Å². The maximum atomic E-state index is 6.37. The van der Waals surface area contributed by atoms with Crippen LogP contribution in [0, 0.1) is 0 Å². The quantitative estimate of drug-likeness (QED) is 0.110. The van der Waals surface area contributed by atoms with Crippen molar-refractivity contribution in [2.24, 2.45) is 0 Å². The monoisotopic (exact) mass is 665 g/mol. The number of unbranched alkanes of at least 4 members (excludes halogenated alkanes) is 1. The van der Waals surface area contributed by atoms with Crippen LogP contribution in [0.1, 0.15) is 47.8 Å². The number of hydrogen-bond donors (Lipinski definition) is 1. The lowest BCUT2D eigenvalue weighted by atomic mass is 9.76. The Morgan fingerprint density at radius 3 is 1.88 bits per heavy atom. The lowest BCUT2D eigenvalue weighted by molar-refractivity contribution is 0.451. The molecule has 51 heavy (non-hydrogen) atoms. The van der Waals surface area contributed by atoms with Crippen LogP contribution in [0.3, 0.4) is 0 Å². The van der Waals surface area contributed by atoms with E-state index in [4.69, 9.17) is 21.0 Å². The van der Waals surface area contributed by atoms with Gasteiger partial charge in [0.2, 0.25) is 0 Å². The van der Waals surface area contributed by atoms with Crippen LogP contribution in [-0.2, 0) is 18.5 Å². The standard InChI is InChI=1S/C44H39N7/c1-2-3-27-41-46-39-29-28-37(45)30-40(39)50(41)31-33-19-16-26-38(32-17-8-4-9-18-32)42(33)43-47-48-49-51(43)44(34-20-10-5-11-21-34,35-22-12-6-13-23-35)36-24-14-7-15-25-36/h4-26,28-30H,2-3,27,31,45H2,1H3. The molecule has 0 aliphatic heterocycles. The Labute approximate surface area is 298 Å². The SMILES string of the molecule is CCCCc1nc2ccc(N)cc2n1Cc1cccc(-c2ccccc2)c1-c1nnnn1C(c1ccccc1)(c1ccccc1)c1ccccc1. The molecule has 0 atom stereocenters. The third-order valence-electron chi connectivity index (χ3n) is 9.75. The van der Waals surface area contributed by atoms with Crippen molar-refractivity contribution in [1.29, 1.82) is 0 Å². The summed E-state index contributed by atoms with van der Waals surface area (Å²) in [5, 5.41) is 14.3. The third kappa shape index (κ3) is 5.76. The predicted molar refractivity (Wildman–Crippen MR) is 205 cm³/mol. The summed E-state index contributed by atoms with van der Waals surface area (Å²) in [6.45, 7) is 2.78. The van der Waals surface area contributed by atoms with Gasteiger partial charge < -0.3 is 10.3 Å². The Morgan fingerprint density at radius 1 is 0.667 bits per heavy atom. The minimum atomic E-state index is -0.897. The normalized spacial score (nSPS) is 11.6. The summed E-state index contributed by atoms with van der Waals surface area (Å²) >= 11 is 0. The van der Waals surface area contributed by atoms with E-state index in [0.29, 0.717) is 18.1 Å². The van der Waals surface area contributed by atoms with Crippen molar-refractivity contribution in [2.45, 2.75) is 38.3 Å². The molecular formula is C44H39N7. The molecule has 0 radical (unpaired) electrons. The van der Waals surface area contributed by atoms with E-state index < -0.39 is 5.54 Å². The van der Waals surface area contributed by atoms with Gasteiger partial charge in [0, 0.05) is 17.7 Å². The fourth-order valence-electron chi connectivity index (χ4n) is 7.39. The first kappa shape index (κ1) is 31.9. The number of rotatable bonds is 11. The van der Waals surface area contributed by atoms with E-state index in [-0.39, 0.29) is 0 Å². The van der Waals surface area contributed by atoms with Gasteiger partial charge in [-0.2, -0.15) is 0 Å². The number of benzene rings is 6. The van der Waals surface area contributed by atoms with Gasteiger partial charge in [-0.25, -0.2) is 9.67 Å². The van der Waals surface area contributed by atoms with Gasteiger partial charge in [0.15, 0.2) is 5.82 Å². The van der Waals surface area contributed by atoms with Gasteiger partial charge >= 0.3 is 0 Å². The maximum Gasteiger partial charge on any atom is 0.184 e. The Balaban J connectivity index is 1.43. The highest BCUT2D eigenvalue weighted by atomic mass is 15.6. The summed E-state index contributed by atoms with van der Waals surface area (Å²) < 4.78 is 4.35. The first-order valence-corrected chi connectivity index (χ1v) is 17.6. The molecule has 0 saturated carbocycles. The van der Waals surface area contributed by atoms with E-state index >= 15 is 0 Å². The summed E-state index contributed by atoms with van der Waals surface area (Å²) in [4.78, 5) is 5.10. The average molecular weight is 666 g/mol. The van der Waals surface area contributed by atoms with Gasteiger partial charge in [0.25, 0.3) is 0 Å². The molecule has 0 amide bonds. The molecule has 0 aliphatic carbocycles. The lowest BCUT2D eigenvalue weighted by Crippen LogP contribution is -2.39. The van der Waals surface area contributed by atoms with Crippen molar-refractivity contribution in [2.75, 3.05) is 5.73 Å². The molecule has 2 N–H and O–H groups in total. The number of imidazole rings is 1. The van der Waals surface area contributed by atoms with Gasteiger partial charge in [-0.3, -0.25) is 0 Å². The average Bonchev–Trinajstić information content (AvgIpc) is 3.81. The van der Waals surface area contributed by atoms with E-state index in [1.54, 1.807) is 0 Å². The second-order valence-corrected chi connectivity index (χ2v) is 12.9. The van der Waals surface area contributed by atoms with Crippen LogP contribution in [0.25, 0.3) is 33.5 Å². The van der Waals surface area contributed by atoms with Crippen molar-refractivity contribution in [3.05, 3.63) is 186 Å². The number of fused-ring (bicyclic) bond motifs is 1. The molecule has 0 saturated heterocycles. The maximum absolute atomic E-state index is 6.37. The molecule has 2 aromatic heterocycles. The number of aromatic nitrogens is 6. The summed E-state index contributed by atoms with van der Waals surface area (Å²) in [5.74, 6) is 1.71. The minimum absolute atomic E-state index is 0.566. The van der Waals surface area contributed by atoms with Crippen LogP contribution in [0.15, 0.2) is 158 Å². The highest BCUT2D eigenvalue weighted by Crippen LogP contribution is 2.44. The highest BCUT2D eigenvalue weighted by molar-refractivity contribution is 5.84. The molecule has 0 fully saturated rings. The smallest absolute Gasteiger partial charge is 0.184 e. The Morgan fingerprint density at radius 2 is 1.27 bits per heavy atom. The Hall–Kier alpha value is -6.34. The molecule has 8 aromatic rings. The zero-order valence-corrected chi connectivity index (χ0v) is 28.6. The highest BCUT2D eigenvalue weighted by Gasteiger charge is 2.42. The topological polar surface area (TPSA) is 87.4 Å². The second-order valence-electron chi connectivity index (χ2n) is 12.9. The van der Waals surface area contributed by atoms with E-state index in [9.17, 15) is 0 Å². The molecule has 0 aliphatic rings. The number of tetrazole rings is 1. The fourth-order valence-corrected chi connectivity index (χ4v) is 7.39. The summed E-state index contributed by atoms with van der Waals surface area (Å²) in [6, 6.07) is 54.6. The van der Waals surface area contributed by atoms with E-state index in [1.165, 1.54) is 0 Å². The molecule has 0 spiro atoms. The number of nitrogens with two attached hydrogens (primary N) is 1. The summed E-state index contributed by atoms with van der Waals surface area (Å²) in [5.41, 5.74) is 15.5. The minimum Gasteiger partial charge on any atom is -0.399 e. The summed E-state index contributed by atoms with van der Waals surface area (Å²) in [6.07, 6.45) is 2.99. The predicted octanol–water partition coefficient (Wildman–Crippen LogP) is 9.17. The van der Waals surface area contributed by atoms with Gasteiger partial charge in [0.1, 0.15) is 11.4 Å². The largest absolute Gasteiger partial charge is 0.399 e. The van der Waals surface area contributed by atoms with Crippen LogP contribution in [-0.4, -0.2) is 29.8 Å². The number of hydrogen-bond acceptors (Lipinski definition) is 5.